The van der Waals surface area contributed by atoms with Crippen LogP contribution in [0, 0.1) is 5.82 Å². The van der Waals surface area contributed by atoms with Gasteiger partial charge in [0.1, 0.15) is 11.6 Å². The molecule has 2 aromatic rings. The zero-order chi connectivity index (χ0) is 28.6. The van der Waals surface area contributed by atoms with Crippen LogP contribution in [0.1, 0.15) is 48.9 Å². The van der Waals surface area contributed by atoms with Crippen LogP contribution in [0.3, 0.4) is 0 Å². The highest BCUT2D eigenvalue weighted by Gasteiger charge is 2.48. The van der Waals surface area contributed by atoms with Crippen molar-refractivity contribution < 1.29 is 44.3 Å². The third-order valence-electron chi connectivity index (χ3n) is 7.40. The summed E-state index contributed by atoms with van der Waals surface area (Å²) in [6.07, 6.45) is -3.79. The molecule has 1 aromatic carbocycles. The number of sulfonamides is 1. The van der Waals surface area contributed by atoms with E-state index in [0.717, 1.165) is 18.2 Å². The predicted octanol–water partition coefficient (Wildman–Crippen LogP) is 4.80. The summed E-state index contributed by atoms with van der Waals surface area (Å²) in [5, 5.41) is -0.113. The first-order valence-electron chi connectivity index (χ1n) is 12.3. The number of ether oxygens (including phenoxy) is 1. The number of halogens is 7. The number of ketones is 1. The normalized spacial score (nSPS) is 20.1. The maximum atomic E-state index is 14.4. The molecule has 0 radical (unpaired) electrons. The molecule has 4 rings (SSSR count). The van der Waals surface area contributed by atoms with Gasteiger partial charge in [-0.05, 0) is 31.4 Å². The molecule has 1 saturated heterocycles. The summed E-state index contributed by atoms with van der Waals surface area (Å²) in [4.78, 5) is 18.7. The number of hydrogen-bond donors (Lipinski definition) is 0. The number of piperazine rings is 1. The zero-order valence-electron chi connectivity index (χ0n) is 21.5. The lowest BCUT2D eigenvalue weighted by Crippen LogP contribution is -2.59. The minimum absolute atomic E-state index is 0. The number of alkyl halides is 5. The molecule has 2 aliphatic rings. The summed E-state index contributed by atoms with van der Waals surface area (Å²) < 4.78 is 114. The number of Topliss-reactive ketones (excluding diaryl/α,β-unsaturated/α-hetero) is 1. The topological polar surface area (TPSA) is 84.7 Å². The van der Waals surface area contributed by atoms with Crippen molar-refractivity contribution in [1.82, 2.24) is 18.8 Å². The van der Waals surface area contributed by atoms with Crippen molar-refractivity contribution >= 4 is 28.2 Å². The lowest BCUT2D eigenvalue weighted by Gasteiger charge is -2.50. The number of aromatic nitrogens is 2. The fourth-order valence-electron chi connectivity index (χ4n) is 5.32. The van der Waals surface area contributed by atoms with Gasteiger partial charge in [-0.3, -0.25) is 9.69 Å². The molecule has 16 heteroatoms. The molecule has 0 atom stereocenters. The Morgan fingerprint density at radius 1 is 1.07 bits per heavy atom. The Bertz CT molecular complexity index is 1300. The van der Waals surface area contributed by atoms with Gasteiger partial charge in [0, 0.05) is 64.2 Å². The number of rotatable bonds is 8. The molecule has 2 fully saturated rings. The van der Waals surface area contributed by atoms with E-state index in [1.165, 1.54) is 21.4 Å². The molecule has 224 valence electrons. The van der Waals surface area contributed by atoms with Crippen molar-refractivity contribution in [3.8, 4) is 5.75 Å². The first-order valence-corrected chi connectivity index (χ1v) is 13.7. The molecule has 40 heavy (non-hydrogen) atoms. The van der Waals surface area contributed by atoms with Crippen molar-refractivity contribution in [2.45, 2.75) is 61.4 Å². The molecule has 1 aromatic heterocycles. The molecule has 1 aliphatic carbocycles. The van der Waals surface area contributed by atoms with Gasteiger partial charge in [-0.15, -0.1) is 25.6 Å². The molecule has 0 N–H and O–H groups in total. The Kier molecular flexibility index (Phi) is 9.54. The molecule has 1 aliphatic heterocycles. The molecular formula is C24H29ClF6N4O4S. The Balaban J connectivity index is 0.00000441. The second-order valence-electron chi connectivity index (χ2n) is 9.93. The fraction of sp³-hybridized carbons (Fsp3) is 0.583. The third kappa shape index (κ3) is 7.09. The summed E-state index contributed by atoms with van der Waals surface area (Å²) in [5.74, 6) is -6.00. The number of imidazole rings is 1. The van der Waals surface area contributed by atoms with E-state index in [0.29, 0.717) is 0 Å². The van der Waals surface area contributed by atoms with E-state index >= 15 is 0 Å². The van der Waals surface area contributed by atoms with E-state index in [1.54, 1.807) is 7.05 Å². The lowest BCUT2D eigenvalue weighted by molar-refractivity contribution is -0.274. The van der Waals surface area contributed by atoms with Crippen LogP contribution in [0.15, 0.2) is 35.7 Å². The Morgan fingerprint density at radius 2 is 1.70 bits per heavy atom. The number of benzene rings is 1. The quantitative estimate of drug-likeness (QED) is 0.312. The molecule has 0 spiro atoms. The monoisotopic (exact) mass is 618 g/mol. The van der Waals surface area contributed by atoms with Crippen molar-refractivity contribution in [1.29, 1.82) is 0 Å². The lowest BCUT2D eigenvalue weighted by atomic mass is 9.74. The molecule has 1 saturated carbocycles. The van der Waals surface area contributed by atoms with E-state index in [9.17, 15) is 39.6 Å². The van der Waals surface area contributed by atoms with Crippen LogP contribution in [0.5, 0.6) is 5.75 Å². The van der Waals surface area contributed by atoms with Crippen LogP contribution < -0.4 is 4.74 Å². The standard InChI is InChI=1S/C24H28F6N4O4S.ClH/c1-32-15-20(31-16-32)39(36,37)34-13-11-33(12-14-34)22(7-9-23(26,27)10-8-22)6-5-18(35)21-17(25)3-2-4-19(21)38-24(28,29)30;/h2-4,15-16H,5-14H2,1H3;1H. The van der Waals surface area contributed by atoms with E-state index in [-0.39, 0.29) is 62.9 Å². The van der Waals surface area contributed by atoms with Crippen molar-refractivity contribution in [2.75, 3.05) is 26.2 Å². The van der Waals surface area contributed by atoms with Gasteiger partial charge in [0.15, 0.2) is 10.8 Å². The van der Waals surface area contributed by atoms with Gasteiger partial charge in [0.25, 0.3) is 10.0 Å². The summed E-state index contributed by atoms with van der Waals surface area (Å²) in [5.41, 5.74) is -1.79. The number of nitrogens with zero attached hydrogens (tertiary/aromatic N) is 4. The predicted molar refractivity (Wildman–Crippen MR) is 134 cm³/mol. The minimum Gasteiger partial charge on any atom is -0.405 e. The third-order valence-corrected chi connectivity index (χ3v) is 9.19. The molecule has 0 amide bonds. The maximum absolute atomic E-state index is 14.4. The van der Waals surface area contributed by atoms with Crippen LogP contribution in [-0.2, 0) is 17.1 Å². The molecule has 0 unspecified atom stereocenters. The first-order chi connectivity index (χ1) is 18.1. The van der Waals surface area contributed by atoms with Gasteiger partial charge in [0.2, 0.25) is 5.92 Å². The van der Waals surface area contributed by atoms with Crippen LogP contribution in [0.25, 0.3) is 0 Å². The Morgan fingerprint density at radius 3 is 2.25 bits per heavy atom. The number of carbonyl (C=O) groups excluding carboxylic acids is 1. The average Bonchev–Trinajstić information content (AvgIpc) is 3.30. The smallest absolute Gasteiger partial charge is 0.405 e. The molecular weight excluding hydrogens is 590 g/mol. The Labute approximate surface area is 233 Å². The summed E-state index contributed by atoms with van der Waals surface area (Å²) in [7, 11) is -2.23. The van der Waals surface area contributed by atoms with Crippen LogP contribution in [-0.4, -0.2) is 77.0 Å². The fourth-order valence-corrected chi connectivity index (χ4v) is 6.71. The second-order valence-corrected chi connectivity index (χ2v) is 11.8. The van der Waals surface area contributed by atoms with Gasteiger partial charge >= 0.3 is 6.36 Å². The van der Waals surface area contributed by atoms with Crippen molar-refractivity contribution in [3.63, 3.8) is 0 Å². The van der Waals surface area contributed by atoms with Crippen LogP contribution in [0.4, 0.5) is 26.3 Å². The summed E-state index contributed by atoms with van der Waals surface area (Å²) in [6.45, 7) is 0.492. The van der Waals surface area contributed by atoms with Gasteiger partial charge in [-0.25, -0.2) is 26.6 Å². The average molecular weight is 619 g/mol. The molecule has 8 nitrogen and oxygen atoms in total. The molecule has 0 bridgehead atoms. The largest absolute Gasteiger partial charge is 0.573 e. The summed E-state index contributed by atoms with van der Waals surface area (Å²) >= 11 is 0. The zero-order valence-corrected chi connectivity index (χ0v) is 23.1. The Hall–Kier alpha value is -2.36. The minimum atomic E-state index is -5.14. The van der Waals surface area contributed by atoms with Gasteiger partial charge in [-0.2, -0.15) is 4.31 Å². The highest BCUT2D eigenvalue weighted by Crippen LogP contribution is 2.45. The second kappa shape index (κ2) is 11.9. The number of hydrogen-bond acceptors (Lipinski definition) is 6. The molecule has 2 heterocycles. The van der Waals surface area contributed by atoms with E-state index in [1.807, 2.05) is 4.90 Å². The number of carbonyl (C=O) groups is 1. The SMILES string of the molecule is Cl.Cn1cnc(S(=O)(=O)N2CCN(C3(CCC(=O)c4c(F)cccc4OC(F)(F)F)CCC(F)(F)CC3)CC2)c1. The van der Waals surface area contributed by atoms with E-state index in [2.05, 4.69) is 9.72 Å². The van der Waals surface area contributed by atoms with Crippen molar-refractivity contribution in [2.24, 2.45) is 7.05 Å². The van der Waals surface area contributed by atoms with Crippen molar-refractivity contribution in [3.05, 3.63) is 42.1 Å². The van der Waals surface area contributed by atoms with E-state index in [4.69, 9.17) is 0 Å². The highest BCUT2D eigenvalue weighted by molar-refractivity contribution is 7.89. The van der Waals surface area contributed by atoms with Gasteiger partial charge < -0.3 is 9.30 Å². The first kappa shape index (κ1) is 32.2. The van der Waals surface area contributed by atoms with Crippen LogP contribution in [0.2, 0.25) is 0 Å². The summed E-state index contributed by atoms with van der Waals surface area (Å²) in [6, 6.07) is 2.66. The van der Waals surface area contributed by atoms with Gasteiger partial charge in [-0.1, -0.05) is 6.07 Å². The number of aryl methyl sites for hydroxylation is 1. The van der Waals surface area contributed by atoms with Gasteiger partial charge in [0.05, 0.1) is 11.9 Å². The van der Waals surface area contributed by atoms with Crippen LogP contribution >= 0.6 is 12.4 Å². The maximum Gasteiger partial charge on any atom is 0.573 e. The highest BCUT2D eigenvalue weighted by atomic mass is 35.5. The van der Waals surface area contributed by atoms with E-state index < -0.39 is 70.0 Å².